The Morgan fingerprint density at radius 2 is 2.05 bits per heavy atom. The summed E-state index contributed by atoms with van der Waals surface area (Å²) in [6.07, 6.45) is 5.40. The van der Waals surface area contributed by atoms with Gasteiger partial charge in [0, 0.05) is 24.9 Å². The van der Waals surface area contributed by atoms with Crippen LogP contribution in [0.3, 0.4) is 0 Å². The highest BCUT2D eigenvalue weighted by molar-refractivity contribution is 5.13. The lowest BCUT2D eigenvalue weighted by molar-refractivity contribution is 0.00315. The number of aromatic nitrogens is 2. The zero-order chi connectivity index (χ0) is 14.3. The Kier molecular flexibility index (Phi) is 7.10. The van der Waals surface area contributed by atoms with E-state index in [0.29, 0.717) is 5.92 Å². The van der Waals surface area contributed by atoms with E-state index in [4.69, 9.17) is 4.74 Å². The van der Waals surface area contributed by atoms with Crippen LogP contribution >= 0.6 is 0 Å². The van der Waals surface area contributed by atoms with Crippen LogP contribution in [0.4, 0.5) is 0 Å². The number of ether oxygens (including phenoxy) is 1. The summed E-state index contributed by atoms with van der Waals surface area (Å²) in [7, 11) is 0. The maximum absolute atomic E-state index is 5.94. The molecule has 0 aromatic carbocycles. The number of aryl methyl sites for hydroxylation is 1. The standard InChI is InChI=1S/C15H29N3O/c1-6-9-18-11-13(10-17-18)14(16-7-2)15(12(4)5)19-8-3/h10-12,14-16H,6-9H2,1-5H3. The quantitative estimate of drug-likeness (QED) is 0.747. The van der Waals surface area contributed by atoms with E-state index in [2.05, 4.69) is 51.2 Å². The monoisotopic (exact) mass is 267 g/mol. The topological polar surface area (TPSA) is 39.1 Å². The molecule has 0 radical (unpaired) electrons. The summed E-state index contributed by atoms with van der Waals surface area (Å²) < 4.78 is 7.96. The highest BCUT2D eigenvalue weighted by Gasteiger charge is 2.26. The lowest BCUT2D eigenvalue weighted by Crippen LogP contribution is -2.37. The molecule has 2 unspecified atom stereocenters. The van der Waals surface area contributed by atoms with Crippen molar-refractivity contribution in [2.75, 3.05) is 13.2 Å². The molecule has 0 saturated carbocycles. The molecule has 0 spiro atoms. The first-order chi connectivity index (χ1) is 9.13. The van der Waals surface area contributed by atoms with Gasteiger partial charge in [-0.15, -0.1) is 0 Å². The molecule has 110 valence electrons. The third-order valence-electron chi connectivity index (χ3n) is 3.23. The molecule has 2 atom stereocenters. The summed E-state index contributed by atoms with van der Waals surface area (Å²) in [5.74, 6) is 0.471. The van der Waals surface area contributed by atoms with Crippen LogP contribution in [0.25, 0.3) is 0 Å². The van der Waals surface area contributed by atoms with Crippen LogP contribution in [-0.4, -0.2) is 29.0 Å². The summed E-state index contributed by atoms with van der Waals surface area (Å²) in [6, 6.07) is 0.218. The number of likely N-dealkylation sites (N-methyl/N-ethyl adjacent to an activating group) is 1. The van der Waals surface area contributed by atoms with Gasteiger partial charge in [0.1, 0.15) is 0 Å². The van der Waals surface area contributed by atoms with Gasteiger partial charge in [-0.3, -0.25) is 4.68 Å². The Morgan fingerprint density at radius 3 is 2.58 bits per heavy atom. The van der Waals surface area contributed by atoms with E-state index < -0.39 is 0 Å². The molecule has 0 aliphatic carbocycles. The number of hydrogen-bond acceptors (Lipinski definition) is 3. The molecule has 1 heterocycles. The van der Waals surface area contributed by atoms with Crippen LogP contribution in [0, 0.1) is 5.92 Å². The first-order valence-electron chi connectivity index (χ1n) is 7.51. The van der Waals surface area contributed by atoms with Crippen LogP contribution in [0.1, 0.15) is 52.6 Å². The van der Waals surface area contributed by atoms with E-state index in [1.807, 2.05) is 10.9 Å². The molecule has 19 heavy (non-hydrogen) atoms. The highest BCUT2D eigenvalue weighted by Crippen LogP contribution is 2.24. The Hall–Kier alpha value is -0.870. The molecular weight excluding hydrogens is 238 g/mol. The van der Waals surface area contributed by atoms with Gasteiger partial charge in [0.15, 0.2) is 0 Å². The van der Waals surface area contributed by atoms with Crippen molar-refractivity contribution in [2.45, 2.75) is 59.7 Å². The van der Waals surface area contributed by atoms with Crippen molar-refractivity contribution in [1.29, 1.82) is 0 Å². The number of hydrogen-bond donors (Lipinski definition) is 1. The van der Waals surface area contributed by atoms with Gasteiger partial charge < -0.3 is 10.1 Å². The van der Waals surface area contributed by atoms with E-state index in [-0.39, 0.29) is 12.1 Å². The first kappa shape index (κ1) is 16.2. The van der Waals surface area contributed by atoms with Crippen molar-refractivity contribution in [3.05, 3.63) is 18.0 Å². The fourth-order valence-electron chi connectivity index (χ4n) is 2.40. The van der Waals surface area contributed by atoms with E-state index in [1.54, 1.807) is 0 Å². The molecule has 0 saturated heterocycles. The third kappa shape index (κ3) is 4.62. The zero-order valence-electron chi connectivity index (χ0n) is 13.0. The average Bonchev–Trinajstić information content (AvgIpc) is 2.82. The molecule has 0 aliphatic rings. The van der Waals surface area contributed by atoms with Crippen molar-refractivity contribution in [2.24, 2.45) is 5.92 Å². The minimum absolute atomic E-state index is 0.184. The smallest absolute Gasteiger partial charge is 0.0793 e. The molecule has 1 rings (SSSR count). The van der Waals surface area contributed by atoms with Gasteiger partial charge in [-0.25, -0.2) is 0 Å². The van der Waals surface area contributed by atoms with Crippen molar-refractivity contribution < 1.29 is 4.74 Å². The molecule has 1 N–H and O–H groups in total. The summed E-state index contributed by atoms with van der Waals surface area (Å²) in [5.41, 5.74) is 1.22. The zero-order valence-corrected chi connectivity index (χ0v) is 13.0. The summed E-state index contributed by atoms with van der Waals surface area (Å²) >= 11 is 0. The van der Waals surface area contributed by atoms with Crippen LogP contribution < -0.4 is 5.32 Å². The largest absolute Gasteiger partial charge is 0.376 e. The predicted octanol–water partition coefficient (Wildman–Crippen LogP) is 3.00. The van der Waals surface area contributed by atoms with E-state index in [1.165, 1.54) is 5.56 Å². The predicted molar refractivity (Wildman–Crippen MR) is 79.2 cm³/mol. The van der Waals surface area contributed by atoms with E-state index in [0.717, 1.165) is 26.1 Å². The Morgan fingerprint density at radius 1 is 1.32 bits per heavy atom. The van der Waals surface area contributed by atoms with E-state index >= 15 is 0 Å². The highest BCUT2D eigenvalue weighted by atomic mass is 16.5. The molecular formula is C15H29N3O. The Labute approximate surface area is 117 Å². The summed E-state index contributed by atoms with van der Waals surface area (Å²) in [6.45, 7) is 13.4. The molecule has 4 heteroatoms. The van der Waals surface area contributed by atoms with Gasteiger partial charge in [0.05, 0.1) is 18.3 Å². The normalized spacial score (nSPS) is 14.8. The fraction of sp³-hybridized carbons (Fsp3) is 0.800. The van der Waals surface area contributed by atoms with Gasteiger partial charge in [-0.2, -0.15) is 5.10 Å². The maximum Gasteiger partial charge on any atom is 0.0793 e. The number of nitrogens with zero attached hydrogens (tertiary/aromatic N) is 2. The lowest BCUT2D eigenvalue weighted by atomic mass is 9.95. The SMILES string of the molecule is CCCn1cc(C(NCC)C(OCC)C(C)C)cn1. The van der Waals surface area contributed by atoms with Crippen LogP contribution in [0.2, 0.25) is 0 Å². The van der Waals surface area contributed by atoms with Crippen LogP contribution in [-0.2, 0) is 11.3 Å². The second-order valence-electron chi connectivity index (χ2n) is 5.24. The van der Waals surface area contributed by atoms with Gasteiger partial charge in [0.25, 0.3) is 0 Å². The molecule has 0 fully saturated rings. The summed E-state index contributed by atoms with van der Waals surface area (Å²) in [5, 5.41) is 7.97. The van der Waals surface area contributed by atoms with Gasteiger partial charge in [0.2, 0.25) is 0 Å². The molecule has 1 aromatic heterocycles. The average molecular weight is 267 g/mol. The molecule has 0 aliphatic heterocycles. The van der Waals surface area contributed by atoms with Crippen LogP contribution in [0.5, 0.6) is 0 Å². The first-order valence-corrected chi connectivity index (χ1v) is 7.51. The molecule has 1 aromatic rings. The van der Waals surface area contributed by atoms with E-state index in [9.17, 15) is 0 Å². The van der Waals surface area contributed by atoms with Crippen LogP contribution in [0.15, 0.2) is 12.4 Å². The van der Waals surface area contributed by atoms with Crippen molar-refractivity contribution in [3.8, 4) is 0 Å². The minimum atomic E-state index is 0.184. The third-order valence-corrected chi connectivity index (χ3v) is 3.23. The fourth-order valence-corrected chi connectivity index (χ4v) is 2.40. The van der Waals surface area contributed by atoms with Crippen molar-refractivity contribution >= 4 is 0 Å². The Bertz CT molecular complexity index is 349. The second-order valence-corrected chi connectivity index (χ2v) is 5.24. The lowest BCUT2D eigenvalue weighted by Gasteiger charge is -2.30. The summed E-state index contributed by atoms with van der Waals surface area (Å²) in [4.78, 5) is 0. The molecule has 4 nitrogen and oxygen atoms in total. The van der Waals surface area contributed by atoms with Gasteiger partial charge >= 0.3 is 0 Å². The number of nitrogens with one attached hydrogen (secondary N) is 1. The molecule has 0 amide bonds. The second kappa shape index (κ2) is 8.33. The van der Waals surface area contributed by atoms with Crippen molar-refractivity contribution in [3.63, 3.8) is 0 Å². The van der Waals surface area contributed by atoms with Crippen molar-refractivity contribution in [1.82, 2.24) is 15.1 Å². The number of rotatable bonds is 9. The minimum Gasteiger partial charge on any atom is -0.376 e. The Balaban J connectivity index is 2.89. The maximum atomic E-state index is 5.94. The van der Waals surface area contributed by atoms with Gasteiger partial charge in [-0.1, -0.05) is 27.7 Å². The van der Waals surface area contributed by atoms with Gasteiger partial charge in [-0.05, 0) is 25.8 Å². The molecule has 0 bridgehead atoms.